The molecule has 0 aromatic heterocycles. The average molecular weight is 416 g/mol. The summed E-state index contributed by atoms with van der Waals surface area (Å²) in [4.78, 5) is 14.1. The summed E-state index contributed by atoms with van der Waals surface area (Å²) in [5.74, 6) is -0.113. The van der Waals surface area contributed by atoms with Crippen LogP contribution in [0, 0.1) is 19.8 Å². The molecular formula is C28H33NO2. The Kier molecular flexibility index (Phi) is 7.88. The Labute approximate surface area is 186 Å². The molecule has 31 heavy (non-hydrogen) atoms. The van der Waals surface area contributed by atoms with Gasteiger partial charge in [-0.2, -0.15) is 0 Å². The Morgan fingerprint density at radius 3 is 1.71 bits per heavy atom. The number of hydrogen-bond acceptors (Lipinski definition) is 3. The standard InChI is InChI=1S/C28H33NO2/c1-5-23(4)28(30)31-20-6-7-24-12-18-27(19-13-24)29(25-14-8-21(2)9-15-25)26-16-10-22(3)11-17-26/h8-19,23H,5-7,20H2,1-4H3. The zero-order chi connectivity index (χ0) is 22.2. The lowest BCUT2D eigenvalue weighted by atomic mass is 10.1. The SMILES string of the molecule is CCC(C)C(=O)OCCCc1ccc(N(c2ccc(C)cc2)c2ccc(C)cc2)cc1. The summed E-state index contributed by atoms with van der Waals surface area (Å²) in [5.41, 5.74) is 7.14. The van der Waals surface area contributed by atoms with Gasteiger partial charge in [0.15, 0.2) is 0 Å². The van der Waals surface area contributed by atoms with Gasteiger partial charge in [-0.15, -0.1) is 0 Å². The van der Waals surface area contributed by atoms with Crippen LogP contribution in [0.25, 0.3) is 0 Å². The lowest BCUT2D eigenvalue weighted by molar-refractivity contribution is -0.148. The third kappa shape index (κ3) is 6.21. The van der Waals surface area contributed by atoms with Gasteiger partial charge in [0.05, 0.1) is 12.5 Å². The van der Waals surface area contributed by atoms with E-state index in [-0.39, 0.29) is 11.9 Å². The van der Waals surface area contributed by atoms with E-state index in [2.05, 4.69) is 91.5 Å². The Balaban J connectivity index is 1.71. The van der Waals surface area contributed by atoms with Crippen molar-refractivity contribution < 1.29 is 9.53 Å². The van der Waals surface area contributed by atoms with Crippen LogP contribution < -0.4 is 4.90 Å². The van der Waals surface area contributed by atoms with Gasteiger partial charge in [-0.05, 0) is 75.1 Å². The molecule has 0 aliphatic rings. The third-order valence-corrected chi connectivity index (χ3v) is 5.65. The molecule has 0 fully saturated rings. The van der Waals surface area contributed by atoms with Crippen LogP contribution in [-0.2, 0) is 16.0 Å². The van der Waals surface area contributed by atoms with Crippen LogP contribution in [0.3, 0.4) is 0 Å². The lowest BCUT2D eigenvalue weighted by Gasteiger charge is -2.26. The van der Waals surface area contributed by atoms with Gasteiger partial charge in [0.2, 0.25) is 0 Å². The minimum absolute atomic E-state index is 0.0196. The topological polar surface area (TPSA) is 29.5 Å². The van der Waals surface area contributed by atoms with Crippen molar-refractivity contribution in [1.82, 2.24) is 0 Å². The molecule has 0 saturated carbocycles. The fourth-order valence-electron chi connectivity index (χ4n) is 3.40. The summed E-state index contributed by atoms with van der Waals surface area (Å²) in [5, 5.41) is 0. The van der Waals surface area contributed by atoms with E-state index in [1.807, 2.05) is 13.8 Å². The Morgan fingerprint density at radius 2 is 1.26 bits per heavy atom. The average Bonchev–Trinajstić information content (AvgIpc) is 2.79. The Bertz CT molecular complexity index is 914. The van der Waals surface area contributed by atoms with E-state index in [1.54, 1.807) is 0 Å². The highest BCUT2D eigenvalue weighted by Gasteiger charge is 2.13. The highest BCUT2D eigenvalue weighted by atomic mass is 16.5. The van der Waals surface area contributed by atoms with Crippen molar-refractivity contribution in [2.24, 2.45) is 5.92 Å². The van der Waals surface area contributed by atoms with Crippen LogP contribution >= 0.6 is 0 Å². The van der Waals surface area contributed by atoms with Crippen LogP contribution in [0.15, 0.2) is 72.8 Å². The van der Waals surface area contributed by atoms with E-state index in [0.29, 0.717) is 6.61 Å². The summed E-state index contributed by atoms with van der Waals surface area (Å²) >= 11 is 0. The number of anilines is 3. The minimum Gasteiger partial charge on any atom is -0.465 e. The van der Waals surface area contributed by atoms with Gasteiger partial charge in [-0.3, -0.25) is 4.79 Å². The van der Waals surface area contributed by atoms with E-state index >= 15 is 0 Å². The van der Waals surface area contributed by atoms with Crippen molar-refractivity contribution >= 4 is 23.0 Å². The molecule has 3 rings (SSSR count). The van der Waals surface area contributed by atoms with Crippen molar-refractivity contribution in [2.45, 2.75) is 47.0 Å². The predicted octanol–water partition coefficient (Wildman–Crippen LogP) is 7.30. The molecule has 0 aliphatic carbocycles. The molecule has 0 radical (unpaired) electrons. The summed E-state index contributed by atoms with van der Waals surface area (Å²) in [6.45, 7) is 8.60. The molecule has 0 saturated heterocycles. The van der Waals surface area contributed by atoms with Gasteiger partial charge in [0.25, 0.3) is 0 Å². The summed E-state index contributed by atoms with van der Waals surface area (Å²) in [6.07, 6.45) is 2.54. The van der Waals surface area contributed by atoms with Crippen LogP contribution in [0.2, 0.25) is 0 Å². The number of esters is 1. The Hall–Kier alpha value is -3.07. The highest BCUT2D eigenvalue weighted by Crippen LogP contribution is 2.34. The minimum atomic E-state index is -0.0929. The molecule has 0 heterocycles. The van der Waals surface area contributed by atoms with Gasteiger partial charge < -0.3 is 9.64 Å². The third-order valence-electron chi connectivity index (χ3n) is 5.65. The number of carbonyl (C=O) groups is 1. The lowest BCUT2D eigenvalue weighted by Crippen LogP contribution is -2.14. The Morgan fingerprint density at radius 1 is 0.806 bits per heavy atom. The number of ether oxygens (including phenoxy) is 1. The number of nitrogens with zero attached hydrogens (tertiary/aromatic N) is 1. The number of hydrogen-bond donors (Lipinski definition) is 0. The monoisotopic (exact) mass is 415 g/mol. The summed E-state index contributed by atoms with van der Waals surface area (Å²) in [7, 11) is 0. The fourth-order valence-corrected chi connectivity index (χ4v) is 3.40. The molecule has 1 atom stereocenters. The van der Waals surface area contributed by atoms with E-state index in [1.165, 1.54) is 16.7 Å². The number of aryl methyl sites for hydroxylation is 3. The largest absolute Gasteiger partial charge is 0.465 e. The van der Waals surface area contributed by atoms with Crippen LogP contribution in [-0.4, -0.2) is 12.6 Å². The first-order valence-electron chi connectivity index (χ1n) is 11.2. The number of benzene rings is 3. The van der Waals surface area contributed by atoms with Crippen molar-refractivity contribution in [1.29, 1.82) is 0 Å². The molecule has 3 heteroatoms. The number of rotatable bonds is 9. The van der Waals surface area contributed by atoms with Crippen LogP contribution in [0.1, 0.15) is 43.4 Å². The summed E-state index contributed by atoms with van der Waals surface area (Å²) in [6, 6.07) is 25.9. The first-order valence-corrected chi connectivity index (χ1v) is 11.2. The zero-order valence-corrected chi connectivity index (χ0v) is 19.1. The van der Waals surface area contributed by atoms with Crippen molar-refractivity contribution in [3.8, 4) is 0 Å². The van der Waals surface area contributed by atoms with Crippen molar-refractivity contribution in [2.75, 3.05) is 11.5 Å². The van der Waals surface area contributed by atoms with E-state index in [0.717, 1.165) is 36.3 Å². The van der Waals surface area contributed by atoms with Gasteiger partial charge in [0, 0.05) is 17.1 Å². The second-order valence-electron chi connectivity index (χ2n) is 8.25. The van der Waals surface area contributed by atoms with Gasteiger partial charge in [-0.25, -0.2) is 0 Å². The molecule has 0 amide bonds. The molecule has 0 aliphatic heterocycles. The van der Waals surface area contributed by atoms with E-state index < -0.39 is 0 Å². The van der Waals surface area contributed by atoms with E-state index in [9.17, 15) is 4.79 Å². The summed E-state index contributed by atoms with van der Waals surface area (Å²) < 4.78 is 5.37. The molecule has 0 bridgehead atoms. The van der Waals surface area contributed by atoms with Crippen LogP contribution in [0.5, 0.6) is 0 Å². The predicted molar refractivity (Wildman–Crippen MR) is 129 cm³/mol. The van der Waals surface area contributed by atoms with Gasteiger partial charge in [-0.1, -0.05) is 61.4 Å². The maximum atomic E-state index is 11.8. The van der Waals surface area contributed by atoms with E-state index in [4.69, 9.17) is 4.74 Å². The zero-order valence-electron chi connectivity index (χ0n) is 19.1. The number of carbonyl (C=O) groups excluding carboxylic acids is 1. The normalized spacial score (nSPS) is 11.7. The van der Waals surface area contributed by atoms with Crippen LogP contribution in [0.4, 0.5) is 17.1 Å². The fraction of sp³-hybridized carbons (Fsp3) is 0.321. The quantitative estimate of drug-likeness (QED) is 0.271. The van der Waals surface area contributed by atoms with Gasteiger partial charge in [0.1, 0.15) is 0 Å². The molecule has 3 aromatic carbocycles. The van der Waals surface area contributed by atoms with Crippen molar-refractivity contribution in [3.63, 3.8) is 0 Å². The molecule has 1 unspecified atom stereocenters. The maximum absolute atomic E-state index is 11.8. The molecule has 0 N–H and O–H groups in total. The maximum Gasteiger partial charge on any atom is 0.308 e. The van der Waals surface area contributed by atoms with Crippen molar-refractivity contribution in [3.05, 3.63) is 89.5 Å². The van der Waals surface area contributed by atoms with Gasteiger partial charge >= 0.3 is 5.97 Å². The first-order chi connectivity index (χ1) is 15.0. The molecule has 0 spiro atoms. The second kappa shape index (κ2) is 10.8. The second-order valence-corrected chi connectivity index (χ2v) is 8.25. The molecule has 3 aromatic rings. The molecule has 3 nitrogen and oxygen atoms in total. The first kappa shape index (κ1) is 22.6. The molecule has 162 valence electrons. The highest BCUT2D eigenvalue weighted by molar-refractivity contribution is 5.76. The molecular weight excluding hydrogens is 382 g/mol. The smallest absolute Gasteiger partial charge is 0.308 e.